The quantitative estimate of drug-likeness (QED) is 0.458. The summed E-state index contributed by atoms with van der Waals surface area (Å²) >= 11 is 1.14. The molecule has 1 amide bonds. The van der Waals surface area contributed by atoms with Gasteiger partial charge < -0.3 is 14.5 Å². The van der Waals surface area contributed by atoms with Crippen molar-refractivity contribution < 1.29 is 17.4 Å². The first kappa shape index (κ1) is 24.0. The van der Waals surface area contributed by atoms with Gasteiger partial charge in [0.05, 0.1) is 0 Å². The molecule has 3 rings (SSSR count). The standard InChI is InChI=1S/C23H29N3O4S2/c1-14(2)12-19-16(5)20(22(31-19)32(28,29)30-23(24)27)18-8-6-17(7-9-18)13-26-11-10-25-21(26)15(3)4/h6-11,14-15H,12-13H2,1-5H3,(H2,24,27). The Hall–Kier alpha value is -2.65. The topological polar surface area (TPSA) is 104 Å². The lowest BCUT2D eigenvalue weighted by Gasteiger charge is -2.12. The van der Waals surface area contributed by atoms with E-state index in [0.717, 1.165) is 45.1 Å². The Kier molecular flexibility index (Phi) is 7.09. The number of hydrogen-bond acceptors (Lipinski definition) is 6. The van der Waals surface area contributed by atoms with Crippen LogP contribution < -0.4 is 5.73 Å². The fourth-order valence-corrected chi connectivity index (χ4v) is 6.58. The van der Waals surface area contributed by atoms with Crippen LogP contribution in [0.25, 0.3) is 11.1 Å². The first-order valence-electron chi connectivity index (χ1n) is 10.5. The fraction of sp³-hybridized carbons (Fsp3) is 0.391. The van der Waals surface area contributed by atoms with Gasteiger partial charge in [0.1, 0.15) is 5.82 Å². The molecule has 1 aromatic carbocycles. The van der Waals surface area contributed by atoms with E-state index >= 15 is 0 Å². The molecular weight excluding hydrogens is 446 g/mol. The van der Waals surface area contributed by atoms with Crippen LogP contribution in [0, 0.1) is 12.8 Å². The Morgan fingerprint density at radius 1 is 1.19 bits per heavy atom. The van der Waals surface area contributed by atoms with Gasteiger partial charge in [-0.1, -0.05) is 52.0 Å². The second-order valence-electron chi connectivity index (χ2n) is 8.53. The van der Waals surface area contributed by atoms with Crippen LogP contribution in [0.3, 0.4) is 0 Å². The summed E-state index contributed by atoms with van der Waals surface area (Å²) in [5, 5.41) is 0. The highest BCUT2D eigenvalue weighted by molar-refractivity contribution is 7.89. The summed E-state index contributed by atoms with van der Waals surface area (Å²) in [5.41, 5.74) is 8.26. The van der Waals surface area contributed by atoms with Crippen LogP contribution in [-0.2, 0) is 27.3 Å². The van der Waals surface area contributed by atoms with Crippen molar-refractivity contribution in [1.29, 1.82) is 0 Å². The zero-order valence-corrected chi connectivity index (χ0v) is 20.6. The van der Waals surface area contributed by atoms with Crippen molar-refractivity contribution in [1.82, 2.24) is 9.55 Å². The number of nitrogens with two attached hydrogens (primary N) is 1. The predicted molar refractivity (Wildman–Crippen MR) is 126 cm³/mol. The molecule has 0 saturated carbocycles. The molecule has 0 atom stereocenters. The molecule has 0 unspecified atom stereocenters. The predicted octanol–water partition coefficient (Wildman–Crippen LogP) is 5.07. The maximum atomic E-state index is 12.7. The van der Waals surface area contributed by atoms with Gasteiger partial charge >= 0.3 is 16.2 Å². The highest BCUT2D eigenvalue weighted by Crippen LogP contribution is 2.41. The molecule has 2 N–H and O–H groups in total. The molecule has 32 heavy (non-hydrogen) atoms. The molecule has 0 radical (unpaired) electrons. The van der Waals surface area contributed by atoms with Crippen molar-refractivity contribution in [2.45, 2.75) is 57.7 Å². The van der Waals surface area contributed by atoms with E-state index in [-0.39, 0.29) is 4.21 Å². The van der Waals surface area contributed by atoms with Crippen molar-refractivity contribution in [3.63, 3.8) is 0 Å². The minimum Gasteiger partial charge on any atom is -0.334 e. The van der Waals surface area contributed by atoms with Crippen LogP contribution in [0.5, 0.6) is 0 Å². The highest BCUT2D eigenvalue weighted by atomic mass is 32.3. The molecule has 0 aliphatic carbocycles. The third kappa shape index (κ3) is 5.21. The van der Waals surface area contributed by atoms with Gasteiger partial charge in [0.2, 0.25) is 0 Å². The zero-order chi connectivity index (χ0) is 23.6. The summed E-state index contributed by atoms with van der Waals surface area (Å²) in [6.07, 6.45) is 3.14. The van der Waals surface area contributed by atoms with Gasteiger partial charge in [-0.15, -0.1) is 11.3 Å². The summed E-state index contributed by atoms with van der Waals surface area (Å²) in [6.45, 7) is 10.9. The van der Waals surface area contributed by atoms with Crippen LogP contribution in [-0.4, -0.2) is 24.1 Å². The van der Waals surface area contributed by atoms with Gasteiger partial charge in [-0.05, 0) is 36.0 Å². The molecule has 0 spiro atoms. The number of carbonyl (C=O) groups is 1. The number of aromatic nitrogens is 2. The maximum Gasteiger partial charge on any atom is 0.420 e. The smallest absolute Gasteiger partial charge is 0.334 e. The van der Waals surface area contributed by atoms with Gasteiger partial charge in [0, 0.05) is 35.3 Å². The normalized spacial score (nSPS) is 12.0. The van der Waals surface area contributed by atoms with Gasteiger partial charge in [-0.25, -0.2) is 9.78 Å². The van der Waals surface area contributed by atoms with Gasteiger partial charge in [0.15, 0.2) is 4.21 Å². The number of imidazole rings is 1. The molecule has 7 nitrogen and oxygen atoms in total. The Bertz CT molecular complexity index is 1210. The van der Waals surface area contributed by atoms with Crippen molar-refractivity contribution in [3.05, 3.63) is 58.5 Å². The number of thiophene rings is 1. The molecule has 172 valence electrons. The van der Waals surface area contributed by atoms with E-state index in [2.05, 4.69) is 41.4 Å². The first-order chi connectivity index (χ1) is 15.0. The van der Waals surface area contributed by atoms with Crippen molar-refractivity contribution in [3.8, 4) is 11.1 Å². The molecule has 0 aliphatic rings. The Labute approximate surface area is 193 Å². The van der Waals surface area contributed by atoms with Crippen LogP contribution in [0.4, 0.5) is 4.79 Å². The third-order valence-electron chi connectivity index (χ3n) is 5.09. The minimum atomic E-state index is -4.31. The Morgan fingerprint density at radius 2 is 1.84 bits per heavy atom. The second kappa shape index (κ2) is 9.46. The Balaban J connectivity index is 2.01. The van der Waals surface area contributed by atoms with Crippen LogP contribution in [0.15, 0.2) is 40.9 Å². The molecule has 2 aromatic heterocycles. The average molecular weight is 476 g/mol. The van der Waals surface area contributed by atoms with Gasteiger partial charge in [0.25, 0.3) is 0 Å². The molecule has 3 aromatic rings. The lowest BCUT2D eigenvalue weighted by atomic mass is 9.99. The van der Waals surface area contributed by atoms with E-state index < -0.39 is 16.2 Å². The lowest BCUT2D eigenvalue weighted by molar-refractivity contribution is 0.213. The average Bonchev–Trinajstić information content (AvgIpc) is 3.27. The van der Waals surface area contributed by atoms with E-state index in [1.807, 2.05) is 37.4 Å². The highest BCUT2D eigenvalue weighted by Gasteiger charge is 2.29. The zero-order valence-electron chi connectivity index (χ0n) is 19.0. The van der Waals surface area contributed by atoms with Gasteiger partial charge in [-0.3, -0.25) is 0 Å². The number of hydrogen-bond donors (Lipinski definition) is 1. The van der Waals surface area contributed by atoms with Crippen molar-refractivity contribution in [2.24, 2.45) is 11.7 Å². The lowest BCUT2D eigenvalue weighted by Crippen LogP contribution is -2.18. The van der Waals surface area contributed by atoms with E-state index in [1.54, 1.807) is 6.20 Å². The van der Waals surface area contributed by atoms with Crippen LogP contribution >= 0.6 is 11.3 Å². The molecule has 0 aliphatic heterocycles. The van der Waals surface area contributed by atoms with Crippen molar-refractivity contribution >= 4 is 27.5 Å². The third-order valence-corrected chi connectivity index (χ3v) is 8.10. The van der Waals surface area contributed by atoms with E-state index in [9.17, 15) is 13.2 Å². The van der Waals surface area contributed by atoms with Crippen LogP contribution in [0.1, 0.15) is 55.4 Å². The largest absolute Gasteiger partial charge is 0.420 e. The molecule has 0 saturated heterocycles. The number of benzene rings is 1. The fourth-order valence-electron chi connectivity index (χ4n) is 3.68. The van der Waals surface area contributed by atoms with Crippen molar-refractivity contribution in [2.75, 3.05) is 0 Å². The molecule has 0 bridgehead atoms. The molecule has 9 heteroatoms. The summed E-state index contributed by atoms with van der Waals surface area (Å²) in [5.74, 6) is 1.67. The summed E-state index contributed by atoms with van der Waals surface area (Å²) in [6, 6.07) is 7.76. The number of primary amides is 1. The van der Waals surface area contributed by atoms with E-state index in [4.69, 9.17) is 5.73 Å². The van der Waals surface area contributed by atoms with Crippen LogP contribution in [0.2, 0.25) is 0 Å². The summed E-state index contributed by atoms with van der Waals surface area (Å²) in [7, 11) is -4.31. The number of amides is 1. The second-order valence-corrected chi connectivity index (χ2v) is 11.4. The number of rotatable bonds is 8. The SMILES string of the molecule is Cc1c(CC(C)C)sc(S(=O)(=O)OC(N)=O)c1-c1ccc(Cn2ccnc2C(C)C)cc1. The van der Waals surface area contributed by atoms with E-state index in [0.29, 0.717) is 23.9 Å². The van der Waals surface area contributed by atoms with Gasteiger partial charge in [-0.2, -0.15) is 8.42 Å². The Morgan fingerprint density at radius 3 is 2.41 bits per heavy atom. The molecule has 2 heterocycles. The molecular formula is C23H29N3O4S2. The first-order valence-corrected chi connectivity index (χ1v) is 12.7. The maximum absolute atomic E-state index is 12.7. The van der Waals surface area contributed by atoms with E-state index in [1.165, 1.54) is 0 Å². The monoisotopic (exact) mass is 475 g/mol. The summed E-state index contributed by atoms with van der Waals surface area (Å²) < 4.78 is 32.1. The molecule has 0 fully saturated rings. The minimum absolute atomic E-state index is 0.00824. The number of carbonyl (C=O) groups excluding carboxylic acids is 1. The number of nitrogens with zero attached hydrogens (tertiary/aromatic N) is 2. The summed E-state index contributed by atoms with van der Waals surface area (Å²) in [4.78, 5) is 16.6.